The summed E-state index contributed by atoms with van der Waals surface area (Å²) in [6.45, 7) is 1.41. The highest BCUT2D eigenvalue weighted by molar-refractivity contribution is 7.92. The molecule has 0 saturated carbocycles. The lowest BCUT2D eigenvalue weighted by molar-refractivity contribution is -0.384. The summed E-state index contributed by atoms with van der Waals surface area (Å²) < 4.78 is 27.6. The molecule has 33 heavy (non-hydrogen) atoms. The minimum Gasteiger partial charge on any atom is -0.280 e. The summed E-state index contributed by atoms with van der Waals surface area (Å²) in [5.41, 5.74) is 2.51. The van der Waals surface area contributed by atoms with Gasteiger partial charge in [0.05, 0.1) is 21.6 Å². The molecular weight excluding hydrogens is 444 g/mol. The van der Waals surface area contributed by atoms with E-state index in [1.807, 2.05) is 0 Å². The van der Waals surface area contributed by atoms with E-state index < -0.39 is 14.9 Å². The van der Waals surface area contributed by atoms with Gasteiger partial charge in [-0.05, 0) is 35.4 Å². The van der Waals surface area contributed by atoms with Crippen LogP contribution in [0.1, 0.15) is 30.5 Å². The van der Waals surface area contributed by atoms with Crippen LogP contribution in [0, 0.1) is 10.1 Å². The van der Waals surface area contributed by atoms with Crippen molar-refractivity contribution in [2.75, 3.05) is 4.72 Å². The van der Waals surface area contributed by atoms with Gasteiger partial charge >= 0.3 is 0 Å². The van der Waals surface area contributed by atoms with E-state index in [0.29, 0.717) is 17.8 Å². The van der Waals surface area contributed by atoms with Crippen LogP contribution in [0.2, 0.25) is 0 Å². The summed E-state index contributed by atoms with van der Waals surface area (Å²) in [7, 11) is -3.70. The molecule has 1 atom stereocenters. The van der Waals surface area contributed by atoms with Gasteiger partial charge in [0, 0.05) is 31.2 Å². The summed E-state index contributed by atoms with van der Waals surface area (Å²) in [5.74, 6) is -0.249. The molecule has 0 aromatic heterocycles. The van der Waals surface area contributed by atoms with Gasteiger partial charge in [0.2, 0.25) is 5.91 Å². The Morgan fingerprint density at radius 2 is 1.67 bits per heavy atom. The first-order chi connectivity index (χ1) is 15.7. The molecule has 0 spiro atoms. The topological polar surface area (TPSA) is 122 Å². The van der Waals surface area contributed by atoms with Crippen molar-refractivity contribution in [3.63, 3.8) is 0 Å². The highest BCUT2D eigenvalue weighted by atomic mass is 32.2. The normalized spacial score (nSPS) is 15.7. The number of anilines is 1. The Balaban J connectivity index is 1.53. The fourth-order valence-corrected chi connectivity index (χ4v) is 4.68. The second-order valence-corrected chi connectivity index (χ2v) is 9.16. The van der Waals surface area contributed by atoms with Crippen LogP contribution in [0.3, 0.4) is 0 Å². The maximum atomic E-state index is 12.5. The van der Waals surface area contributed by atoms with Gasteiger partial charge in [0.25, 0.3) is 15.7 Å². The molecule has 1 N–H and O–H groups in total. The molecular formula is C23H20N4O5S. The second kappa shape index (κ2) is 8.83. The minimum absolute atomic E-state index is 0.0270. The Bertz CT molecular complexity index is 1320. The molecule has 0 radical (unpaired) electrons. The summed E-state index contributed by atoms with van der Waals surface area (Å²) in [6.07, 6.45) is 0.423. The molecule has 1 unspecified atom stereocenters. The fourth-order valence-electron chi connectivity index (χ4n) is 3.60. The smallest absolute Gasteiger partial charge is 0.269 e. The van der Waals surface area contributed by atoms with Crippen molar-refractivity contribution in [3.8, 4) is 0 Å². The zero-order valence-corrected chi connectivity index (χ0v) is 18.4. The van der Waals surface area contributed by atoms with Crippen LogP contribution in [0.25, 0.3) is 0 Å². The van der Waals surface area contributed by atoms with Gasteiger partial charge < -0.3 is 0 Å². The SMILES string of the molecule is CC(=O)N1N=C(c2ccc(NS(=O)(=O)c3ccccc3)cc2)CC1c1ccc([N+](=O)[O-])cc1. The van der Waals surface area contributed by atoms with Crippen LogP contribution in [-0.4, -0.2) is 30.0 Å². The molecule has 10 heteroatoms. The summed E-state index contributed by atoms with van der Waals surface area (Å²) in [4.78, 5) is 22.8. The van der Waals surface area contributed by atoms with Gasteiger partial charge in [-0.1, -0.05) is 42.5 Å². The Hall–Kier alpha value is -4.05. The van der Waals surface area contributed by atoms with Crippen LogP contribution < -0.4 is 4.72 Å². The zero-order valence-electron chi connectivity index (χ0n) is 17.6. The first-order valence-electron chi connectivity index (χ1n) is 10.0. The van der Waals surface area contributed by atoms with Crippen molar-refractivity contribution in [1.29, 1.82) is 0 Å². The van der Waals surface area contributed by atoms with Crippen LogP contribution in [0.15, 0.2) is 88.9 Å². The number of hydrogen-bond acceptors (Lipinski definition) is 6. The number of carbonyl (C=O) groups excluding carboxylic acids is 1. The lowest BCUT2D eigenvalue weighted by Crippen LogP contribution is -2.24. The molecule has 168 valence electrons. The van der Waals surface area contributed by atoms with Gasteiger partial charge in [0.15, 0.2) is 0 Å². The summed E-state index contributed by atoms with van der Waals surface area (Å²) in [5, 5.41) is 16.7. The Kier molecular flexibility index (Phi) is 5.93. The maximum absolute atomic E-state index is 12.5. The Labute approximate surface area is 190 Å². The van der Waals surface area contributed by atoms with E-state index in [-0.39, 0.29) is 22.5 Å². The molecule has 3 aromatic rings. The lowest BCUT2D eigenvalue weighted by Gasteiger charge is -2.20. The van der Waals surface area contributed by atoms with Crippen LogP contribution >= 0.6 is 0 Å². The van der Waals surface area contributed by atoms with E-state index in [1.165, 1.54) is 36.2 Å². The highest BCUT2D eigenvalue weighted by Gasteiger charge is 2.31. The molecule has 9 nitrogen and oxygen atoms in total. The number of rotatable bonds is 6. The second-order valence-electron chi connectivity index (χ2n) is 7.47. The van der Waals surface area contributed by atoms with Crippen molar-refractivity contribution in [1.82, 2.24) is 5.01 Å². The van der Waals surface area contributed by atoms with Crippen LogP contribution in [0.4, 0.5) is 11.4 Å². The van der Waals surface area contributed by atoms with Gasteiger partial charge in [-0.15, -0.1) is 0 Å². The third-order valence-corrected chi connectivity index (χ3v) is 6.64. The maximum Gasteiger partial charge on any atom is 0.269 e. The van der Waals surface area contributed by atoms with Crippen LogP contribution in [-0.2, 0) is 14.8 Å². The van der Waals surface area contributed by atoms with E-state index >= 15 is 0 Å². The molecule has 1 aliphatic rings. The molecule has 1 aliphatic heterocycles. The molecule has 1 amide bonds. The van der Waals surface area contributed by atoms with Crippen molar-refractivity contribution >= 4 is 33.0 Å². The van der Waals surface area contributed by atoms with Gasteiger partial charge in [-0.2, -0.15) is 5.10 Å². The third kappa shape index (κ3) is 4.75. The number of nitrogens with zero attached hydrogens (tertiary/aromatic N) is 3. The predicted molar refractivity (Wildman–Crippen MR) is 123 cm³/mol. The van der Waals surface area contributed by atoms with Crippen molar-refractivity contribution in [2.24, 2.45) is 5.10 Å². The Morgan fingerprint density at radius 3 is 2.24 bits per heavy atom. The first kappa shape index (κ1) is 22.2. The largest absolute Gasteiger partial charge is 0.280 e. The van der Waals surface area contributed by atoms with Gasteiger partial charge in [0.1, 0.15) is 0 Å². The summed E-state index contributed by atoms with van der Waals surface area (Å²) >= 11 is 0. The van der Waals surface area contributed by atoms with Crippen molar-refractivity contribution < 1.29 is 18.1 Å². The number of non-ortho nitro benzene ring substituents is 1. The van der Waals surface area contributed by atoms with E-state index in [2.05, 4.69) is 9.82 Å². The van der Waals surface area contributed by atoms with Crippen LogP contribution in [0.5, 0.6) is 0 Å². The average Bonchev–Trinajstić information content (AvgIpc) is 3.26. The number of hydrazone groups is 1. The Morgan fingerprint density at radius 1 is 1.03 bits per heavy atom. The van der Waals surface area contributed by atoms with Crippen molar-refractivity contribution in [2.45, 2.75) is 24.3 Å². The standard InChI is InChI=1S/C23H20N4O5S/c1-16(28)26-23(18-9-13-20(14-10-18)27(29)30)15-22(24-26)17-7-11-19(12-8-17)25-33(31,32)21-5-3-2-4-6-21/h2-14,23,25H,15H2,1H3. The van der Waals surface area contributed by atoms with E-state index in [0.717, 1.165) is 11.1 Å². The van der Waals surface area contributed by atoms with Gasteiger partial charge in [-0.25, -0.2) is 13.4 Å². The van der Waals surface area contributed by atoms with E-state index in [1.54, 1.807) is 54.6 Å². The highest BCUT2D eigenvalue weighted by Crippen LogP contribution is 2.33. The molecule has 0 bridgehead atoms. The fraction of sp³-hybridized carbons (Fsp3) is 0.130. The number of carbonyl (C=O) groups is 1. The van der Waals surface area contributed by atoms with E-state index in [4.69, 9.17) is 0 Å². The number of nitro groups is 1. The lowest BCUT2D eigenvalue weighted by atomic mass is 9.98. The minimum atomic E-state index is -3.70. The molecule has 0 saturated heterocycles. The monoisotopic (exact) mass is 464 g/mol. The number of sulfonamides is 1. The van der Waals surface area contributed by atoms with E-state index in [9.17, 15) is 23.3 Å². The van der Waals surface area contributed by atoms with Crippen molar-refractivity contribution in [3.05, 3.63) is 100 Å². The molecule has 1 heterocycles. The molecule has 3 aromatic carbocycles. The van der Waals surface area contributed by atoms with Gasteiger partial charge in [-0.3, -0.25) is 19.6 Å². The number of hydrogen-bond donors (Lipinski definition) is 1. The first-order valence-corrected chi connectivity index (χ1v) is 11.5. The third-order valence-electron chi connectivity index (χ3n) is 5.25. The molecule has 0 fully saturated rings. The number of nitrogens with one attached hydrogen (secondary N) is 1. The zero-order chi connectivity index (χ0) is 23.6. The molecule has 0 aliphatic carbocycles. The quantitative estimate of drug-likeness (QED) is 0.435. The number of nitro benzene ring substituents is 1. The molecule has 4 rings (SSSR count). The number of amides is 1. The number of benzene rings is 3. The summed E-state index contributed by atoms with van der Waals surface area (Å²) in [6, 6.07) is 20.5. The predicted octanol–water partition coefficient (Wildman–Crippen LogP) is 4.09. The average molecular weight is 465 g/mol.